The molecular weight excluding hydrogens is 294 g/mol. The predicted molar refractivity (Wildman–Crippen MR) is 101 cm³/mol. The zero-order valence-electron chi connectivity index (χ0n) is 15.1. The summed E-state index contributed by atoms with van der Waals surface area (Å²) in [4.78, 5) is 11.3. The third-order valence-corrected chi connectivity index (χ3v) is 5.70. The third kappa shape index (κ3) is 4.80. The summed E-state index contributed by atoms with van der Waals surface area (Å²) in [5, 5.41) is 3.89. The molecule has 2 nitrogen and oxygen atoms in total. The van der Waals surface area contributed by atoms with Crippen molar-refractivity contribution in [2.75, 3.05) is 0 Å². The molecule has 1 aromatic carbocycles. The van der Waals surface area contributed by atoms with Crippen LogP contribution in [-0.2, 0) is 4.79 Å². The van der Waals surface area contributed by atoms with E-state index < -0.39 is 0 Å². The highest BCUT2D eigenvalue weighted by molar-refractivity contribution is 5.75. The minimum Gasteiger partial charge on any atom is -0.311 e. The summed E-state index contributed by atoms with van der Waals surface area (Å²) in [7, 11) is 0. The lowest BCUT2D eigenvalue weighted by molar-refractivity contribution is -0.118. The Balaban J connectivity index is 1.47. The summed E-state index contributed by atoms with van der Waals surface area (Å²) in [6.07, 6.45) is 10.5. The summed E-state index contributed by atoms with van der Waals surface area (Å²) in [6, 6.07) is 12.0. The molecule has 2 aliphatic carbocycles. The van der Waals surface area contributed by atoms with Gasteiger partial charge in [0.05, 0.1) is 0 Å². The quantitative estimate of drug-likeness (QED) is 0.764. The second kappa shape index (κ2) is 8.11. The molecule has 2 aliphatic rings. The van der Waals surface area contributed by atoms with E-state index in [-0.39, 0.29) is 0 Å². The highest BCUT2D eigenvalue weighted by atomic mass is 16.1. The van der Waals surface area contributed by atoms with Crippen molar-refractivity contribution >= 4 is 11.9 Å². The van der Waals surface area contributed by atoms with Gasteiger partial charge in [-0.1, -0.05) is 48.9 Å². The molecule has 2 fully saturated rings. The number of ketones is 1. The Bertz CT molecular complexity index is 569. The summed E-state index contributed by atoms with van der Waals surface area (Å²) >= 11 is 0. The van der Waals surface area contributed by atoms with Crippen LogP contribution in [0.15, 0.2) is 35.9 Å². The number of benzene rings is 1. The maximum Gasteiger partial charge on any atom is 0.130 e. The highest BCUT2D eigenvalue weighted by Crippen LogP contribution is 2.41. The molecule has 2 atom stereocenters. The molecule has 0 unspecified atom stereocenters. The van der Waals surface area contributed by atoms with Crippen LogP contribution in [0.2, 0.25) is 0 Å². The molecule has 0 spiro atoms. The zero-order chi connectivity index (χ0) is 16.9. The number of hydrogen-bond acceptors (Lipinski definition) is 2. The maximum atomic E-state index is 11.3. The fourth-order valence-electron chi connectivity index (χ4n) is 4.27. The van der Waals surface area contributed by atoms with Crippen LogP contribution in [0.1, 0.15) is 64.4 Å². The van der Waals surface area contributed by atoms with E-state index in [4.69, 9.17) is 0 Å². The first-order chi connectivity index (χ1) is 11.7. The van der Waals surface area contributed by atoms with Gasteiger partial charge in [-0.05, 0) is 62.8 Å². The molecule has 0 heterocycles. The van der Waals surface area contributed by atoms with E-state index in [1.54, 1.807) is 12.5 Å². The van der Waals surface area contributed by atoms with Crippen molar-refractivity contribution in [1.29, 1.82) is 0 Å². The summed E-state index contributed by atoms with van der Waals surface area (Å²) in [5.74, 6) is 1.72. The number of rotatable bonds is 7. The van der Waals surface area contributed by atoms with Crippen molar-refractivity contribution in [3.63, 3.8) is 0 Å². The minimum atomic E-state index is 0.354. The molecule has 0 aromatic heterocycles. The van der Waals surface area contributed by atoms with Crippen LogP contribution in [-0.4, -0.2) is 17.9 Å². The second-order valence-corrected chi connectivity index (χ2v) is 7.72. The van der Waals surface area contributed by atoms with Gasteiger partial charge in [-0.3, -0.25) is 0 Å². The standard InChI is InChI=1S/C22H31NO/c1-3-19(14-17-7-5-4-6-8-17)21-15-22(21)23-20-11-9-18(10-12-20)13-16(2)24/h4-8,14,18,20-23H,3,9-13,15H2,1-2H3/b19-14+/t18?,20?,21-,22+/m0/s1. The van der Waals surface area contributed by atoms with E-state index in [1.807, 2.05) is 0 Å². The van der Waals surface area contributed by atoms with E-state index in [1.165, 1.54) is 37.7 Å². The predicted octanol–water partition coefficient (Wildman–Crippen LogP) is 5.00. The van der Waals surface area contributed by atoms with Gasteiger partial charge in [0.1, 0.15) is 5.78 Å². The first-order valence-corrected chi connectivity index (χ1v) is 9.66. The molecule has 2 heteroatoms. The molecule has 0 bridgehead atoms. The molecule has 0 saturated heterocycles. The van der Waals surface area contributed by atoms with E-state index >= 15 is 0 Å². The number of nitrogens with one attached hydrogen (secondary N) is 1. The van der Waals surface area contributed by atoms with Crippen LogP contribution in [0.5, 0.6) is 0 Å². The van der Waals surface area contributed by atoms with Gasteiger partial charge in [0.2, 0.25) is 0 Å². The van der Waals surface area contributed by atoms with Crippen LogP contribution in [0.4, 0.5) is 0 Å². The first-order valence-electron chi connectivity index (χ1n) is 9.66. The molecule has 0 aliphatic heterocycles. The van der Waals surface area contributed by atoms with Gasteiger partial charge in [-0.15, -0.1) is 0 Å². The molecule has 2 saturated carbocycles. The van der Waals surface area contributed by atoms with E-state index in [0.717, 1.165) is 18.8 Å². The topological polar surface area (TPSA) is 29.1 Å². The lowest BCUT2D eigenvalue weighted by Crippen LogP contribution is -2.35. The normalized spacial score (nSPS) is 30.2. The lowest BCUT2D eigenvalue weighted by atomic mass is 9.83. The molecule has 1 N–H and O–H groups in total. The Morgan fingerprint density at radius 3 is 2.50 bits per heavy atom. The zero-order valence-corrected chi connectivity index (χ0v) is 15.1. The highest BCUT2D eigenvalue weighted by Gasteiger charge is 2.40. The Morgan fingerprint density at radius 1 is 1.17 bits per heavy atom. The summed E-state index contributed by atoms with van der Waals surface area (Å²) in [6.45, 7) is 4.00. The number of Topliss-reactive ketones (excluding diaryl/α,β-unsaturated/α-hetero) is 1. The first kappa shape index (κ1) is 17.4. The van der Waals surface area contributed by atoms with Gasteiger partial charge in [-0.2, -0.15) is 0 Å². The maximum absolute atomic E-state index is 11.3. The average Bonchev–Trinajstić information content (AvgIpc) is 3.34. The Labute approximate surface area is 146 Å². The fourth-order valence-corrected chi connectivity index (χ4v) is 4.27. The van der Waals surface area contributed by atoms with Crippen molar-refractivity contribution in [3.05, 3.63) is 41.5 Å². The van der Waals surface area contributed by atoms with Gasteiger partial charge in [0.25, 0.3) is 0 Å². The van der Waals surface area contributed by atoms with Crippen LogP contribution >= 0.6 is 0 Å². The third-order valence-electron chi connectivity index (χ3n) is 5.70. The molecule has 1 aromatic rings. The van der Waals surface area contributed by atoms with Crippen LogP contribution in [0, 0.1) is 11.8 Å². The number of carbonyl (C=O) groups is 1. The van der Waals surface area contributed by atoms with Gasteiger partial charge >= 0.3 is 0 Å². The lowest BCUT2D eigenvalue weighted by Gasteiger charge is -2.29. The van der Waals surface area contributed by atoms with Gasteiger partial charge in [0.15, 0.2) is 0 Å². The molecule has 130 valence electrons. The fraction of sp³-hybridized carbons (Fsp3) is 0.591. The van der Waals surface area contributed by atoms with Crippen molar-refractivity contribution in [2.45, 2.75) is 70.9 Å². The van der Waals surface area contributed by atoms with E-state index in [0.29, 0.717) is 23.8 Å². The Morgan fingerprint density at radius 2 is 1.88 bits per heavy atom. The molecule has 3 rings (SSSR count). The number of carbonyl (C=O) groups excluding carboxylic acids is 1. The van der Waals surface area contributed by atoms with Crippen molar-refractivity contribution in [2.24, 2.45) is 11.8 Å². The monoisotopic (exact) mass is 325 g/mol. The molecule has 0 amide bonds. The smallest absolute Gasteiger partial charge is 0.130 e. The molecule has 24 heavy (non-hydrogen) atoms. The van der Waals surface area contributed by atoms with E-state index in [9.17, 15) is 4.79 Å². The average molecular weight is 325 g/mol. The molecule has 0 radical (unpaired) electrons. The Kier molecular flexibility index (Phi) is 5.89. The Hall–Kier alpha value is -1.41. The van der Waals surface area contributed by atoms with Crippen LogP contribution in [0.25, 0.3) is 6.08 Å². The van der Waals surface area contributed by atoms with Gasteiger partial charge in [-0.25, -0.2) is 0 Å². The van der Waals surface area contributed by atoms with E-state index in [2.05, 4.69) is 48.6 Å². The van der Waals surface area contributed by atoms with Gasteiger partial charge in [0, 0.05) is 18.5 Å². The van der Waals surface area contributed by atoms with Crippen LogP contribution in [0.3, 0.4) is 0 Å². The minimum absolute atomic E-state index is 0.354. The largest absolute Gasteiger partial charge is 0.311 e. The second-order valence-electron chi connectivity index (χ2n) is 7.72. The van der Waals surface area contributed by atoms with Crippen LogP contribution < -0.4 is 5.32 Å². The van der Waals surface area contributed by atoms with Crippen molar-refractivity contribution in [3.8, 4) is 0 Å². The number of hydrogen-bond donors (Lipinski definition) is 1. The SMILES string of the molecule is CC/C(=C\c1ccccc1)[C@@H]1C[C@H]1NC1CCC(CC(C)=O)CC1. The summed E-state index contributed by atoms with van der Waals surface area (Å²) in [5.41, 5.74) is 2.91. The summed E-state index contributed by atoms with van der Waals surface area (Å²) < 4.78 is 0. The van der Waals surface area contributed by atoms with Crippen molar-refractivity contribution in [1.82, 2.24) is 5.32 Å². The van der Waals surface area contributed by atoms with Crippen molar-refractivity contribution < 1.29 is 4.79 Å². The molecular formula is C22H31NO. The van der Waals surface area contributed by atoms with Gasteiger partial charge < -0.3 is 10.1 Å².